The minimum Gasteiger partial charge on any atom is -0.497 e. The summed E-state index contributed by atoms with van der Waals surface area (Å²) in [5.74, 6) is 0.749. The van der Waals surface area contributed by atoms with Crippen molar-refractivity contribution in [3.8, 4) is 17.1 Å². The summed E-state index contributed by atoms with van der Waals surface area (Å²) in [6.45, 7) is 0.295. The van der Waals surface area contributed by atoms with E-state index in [9.17, 15) is 15.0 Å². The Labute approximate surface area is 215 Å². The third-order valence-corrected chi connectivity index (χ3v) is 6.07. The van der Waals surface area contributed by atoms with Crippen LogP contribution in [0.25, 0.3) is 22.6 Å². The molecule has 0 aromatic carbocycles. The van der Waals surface area contributed by atoms with Gasteiger partial charge < -0.3 is 30.3 Å². The van der Waals surface area contributed by atoms with Gasteiger partial charge in [-0.3, -0.25) is 19.3 Å². The Kier molecular flexibility index (Phi) is 6.84. The van der Waals surface area contributed by atoms with Crippen LogP contribution in [0, 0.1) is 0 Å². The van der Waals surface area contributed by atoms with E-state index in [1.807, 2.05) is 0 Å². The molecular weight excluding hydrogens is 504 g/mol. The number of aromatic nitrogens is 6. The number of methoxy groups -OCH3 is 1. The number of nitrogens with one attached hydrogen (secondary N) is 2. The molecule has 4 atom stereocenters. The number of hydrogen-bond acceptors (Lipinski definition) is 11. The summed E-state index contributed by atoms with van der Waals surface area (Å²) in [7, 11) is 2.99. The fourth-order valence-corrected chi connectivity index (χ4v) is 4.17. The summed E-state index contributed by atoms with van der Waals surface area (Å²) >= 11 is 6.14. The minimum atomic E-state index is -1.45. The number of amides is 1. The van der Waals surface area contributed by atoms with Crippen LogP contribution < -0.4 is 15.4 Å². The molecular formula is C23H23ClN8O5. The smallest absolute Gasteiger partial charge is 0.251 e. The van der Waals surface area contributed by atoms with Crippen LogP contribution in [-0.2, 0) is 16.1 Å². The largest absolute Gasteiger partial charge is 0.497 e. The lowest BCUT2D eigenvalue weighted by Gasteiger charge is -2.17. The second-order valence-corrected chi connectivity index (χ2v) is 8.63. The quantitative estimate of drug-likeness (QED) is 0.270. The van der Waals surface area contributed by atoms with Gasteiger partial charge >= 0.3 is 0 Å². The van der Waals surface area contributed by atoms with Gasteiger partial charge in [-0.05, 0) is 12.1 Å². The first-order chi connectivity index (χ1) is 17.9. The second-order valence-electron chi connectivity index (χ2n) is 8.19. The minimum absolute atomic E-state index is 0.279. The van der Waals surface area contributed by atoms with E-state index < -0.39 is 30.4 Å². The maximum atomic E-state index is 12.1. The molecule has 14 heteroatoms. The highest BCUT2D eigenvalue weighted by Crippen LogP contribution is 2.34. The summed E-state index contributed by atoms with van der Waals surface area (Å²) in [4.78, 5) is 34.3. The Morgan fingerprint density at radius 1 is 1.22 bits per heavy atom. The fourth-order valence-electron chi connectivity index (χ4n) is 3.99. The standard InChI is InChI=1S/C23H23ClN8O5/c1-25-22(35)18-16(33)17(34)23(37-18)32-10-29-15-20(28-9-13-6-14(36-2)3-4-27-13)30-19(31-21(15)32)11-5-12(24)8-26-7-11/h3-8,10,16-18,23,33-34H,9H2,1-2H3,(H,25,35)(H,28,30,31). The number of halogens is 1. The van der Waals surface area contributed by atoms with Crippen molar-refractivity contribution in [2.24, 2.45) is 0 Å². The Bertz CT molecular complexity index is 1450. The molecule has 1 fully saturated rings. The van der Waals surface area contributed by atoms with Crippen LogP contribution >= 0.6 is 11.6 Å². The van der Waals surface area contributed by atoms with E-state index in [4.69, 9.17) is 21.1 Å². The summed E-state index contributed by atoms with van der Waals surface area (Å²) in [6.07, 6.45) is 0.837. The SMILES string of the molecule is CNC(=O)C1OC(n2cnc3c(NCc4cc(OC)ccn4)nc(-c4cncc(Cl)c4)nc32)C(O)C1O. The molecule has 0 radical (unpaired) electrons. The average molecular weight is 527 g/mol. The average Bonchev–Trinajstić information content (AvgIpc) is 3.47. The number of hydrogen-bond donors (Lipinski definition) is 4. The number of ether oxygens (including phenoxy) is 2. The van der Waals surface area contributed by atoms with Gasteiger partial charge in [-0.15, -0.1) is 0 Å². The Morgan fingerprint density at radius 2 is 2.05 bits per heavy atom. The van der Waals surface area contributed by atoms with Gasteiger partial charge in [0, 0.05) is 37.3 Å². The number of aliphatic hydroxyl groups is 2. The molecule has 0 spiro atoms. The zero-order valence-corrected chi connectivity index (χ0v) is 20.5. The predicted octanol–water partition coefficient (Wildman–Crippen LogP) is 0.923. The predicted molar refractivity (Wildman–Crippen MR) is 132 cm³/mol. The van der Waals surface area contributed by atoms with Crippen molar-refractivity contribution in [3.05, 3.63) is 53.8 Å². The summed E-state index contributed by atoms with van der Waals surface area (Å²) in [6, 6.07) is 5.19. The zero-order valence-electron chi connectivity index (χ0n) is 19.7. The molecule has 5 heterocycles. The van der Waals surface area contributed by atoms with Crippen molar-refractivity contribution >= 4 is 34.5 Å². The molecule has 1 saturated heterocycles. The highest BCUT2D eigenvalue weighted by Gasteiger charge is 2.47. The molecule has 1 aliphatic heterocycles. The van der Waals surface area contributed by atoms with Crippen LogP contribution in [0.2, 0.25) is 5.02 Å². The van der Waals surface area contributed by atoms with Gasteiger partial charge in [0.1, 0.15) is 18.0 Å². The number of pyridine rings is 2. The molecule has 0 bridgehead atoms. The lowest BCUT2D eigenvalue weighted by atomic mass is 10.1. The lowest BCUT2D eigenvalue weighted by molar-refractivity contribution is -0.137. The number of rotatable bonds is 7. The van der Waals surface area contributed by atoms with E-state index in [1.54, 1.807) is 37.7 Å². The van der Waals surface area contributed by atoms with Crippen molar-refractivity contribution in [2.45, 2.75) is 31.1 Å². The van der Waals surface area contributed by atoms with E-state index in [-0.39, 0.29) is 5.82 Å². The maximum absolute atomic E-state index is 12.1. The van der Waals surface area contributed by atoms with Crippen molar-refractivity contribution in [3.63, 3.8) is 0 Å². The van der Waals surface area contributed by atoms with Crippen molar-refractivity contribution in [1.82, 2.24) is 34.8 Å². The molecule has 1 amide bonds. The van der Waals surface area contributed by atoms with Crippen LogP contribution in [-0.4, -0.2) is 78.1 Å². The first-order valence-electron chi connectivity index (χ1n) is 11.2. The summed E-state index contributed by atoms with van der Waals surface area (Å²) in [5.41, 5.74) is 1.90. The first-order valence-corrected chi connectivity index (χ1v) is 11.6. The molecule has 0 saturated carbocycles. The highest BCUT2D eigenvalue weighted by atomic mass is 35.5. The van der Waals surface area contributed by atoms with Gasteiger partial charge in [-0.2, -0.15) is 0 Å². The normalized spacial score (nSPS) is 21.2. The van der Waals surface area contributed by atoms with Crippen molar-refractivity contribution in [1.29, 1.82) is 0 Å². The van der Waals surface area contributed by atoms with Crippen LogP contribution in [0.15, 0.2) is 43.1 Å². The summed E-state index contributed by atoms with van der Waals surface area (Å²) < 4.78 is 12.4. The maximum Gasteiger partial charge on any atom is 0.251 e. The van der Waals surface area contributed by atoms with E-state index in [2.05, 4.69) is 35.6 Å². The zero-order chi connectivity index (χ0) is 26.1. The number of anilines is 1. The number of imidazole rings is 1. The van der Waals surface area contributed by atoms with Gasteiger partial charge in [-0.1, -0.05) is 11.6 Å². The molecule has 4 N–H and O–H groups in total. The van der Waals surface area contributed by atoms with Crippen molar-refractivity contribution in [2.75, 3.05) is 19.5 Å². The van der Waals surface area contributed by atoms with Crippen LogP contribution in [0.5, 0.6) is 5.75 Å². The fraction of sp³-hybridized carbons (Fsp3) is 0.304. The molecule has 4 aromatic rings. The molecule has 0 aliphatic carbocycles. The van der Waals surface area contributed by atoms with E-state index >= 15 is 0 Å². The first kappa shape index (κ1) is 24.8. The third-order valence-electron chi connectivity index (χ3n) is 5.86. The number of aliphatic hydroxyl groups excluding tert-OH is 2. The molecule has 5 rings (SSSR count). The van der Waals surface area contributed by atoms with E-state index in [1.165, 1.54) is 24.1 Å². The molecule has 4 aromatic heterocycles. The summed E-state index contributed by atoms with van der Waals surface area (Å²) in [5, 5.41) is 27.1. The molecule has 37 heavy (non-hydrogen) atoms. The lowest BCUT2D eigenvalue weighted by Crippen LogP contribution is -2.41. The number of carbonyl (C=O) groups is 1. The monoisotopic (exact) mass is 526 g/mol. The second kappa shape index (κ2) is 10.2. The third kappa shape index (κ3) is 4.76. The van der Waals surface area contributed by atoms with E-state index in [0.717, 1.165) is 0 Å². The van der Waals surface area contributed by atoms with Gasteiger partial charge in [-0.25, -0.2) is 15.0 Å². The van der Waals surface area contributed by atoms with Gasteiger partial charge in [0.2, 0.25) is 0 Å². The van der Waals surface area contributed by atoms with Gasteiger partial charge in [0.25, 0.3) is 5.91 Å². The molecule has 4 unspecified atom stereocenters. The van der Waals surface area contributed by atoms with E-state index in [0.29, 0.717) is 45.6 Å². The van der Waals surface area contributed by atoms with Crippen molar-refractivity contribution < 1.29 is 24.5 Å². The van der Waals surface area contributed by atoms with Crippen LogP contribution in [0.3, 0.4) is 0 Å². The molecule has 1 aliphatic rings. The highest BCUT2D eigenvalue weighted by molar-refractivity contribution is 6.30. The Balaban J connectivity index is 1.57. The molecule has 13 nitrogen and oxygen atoms in total. The number of nitrogens with zero attached hydrogens (tertiary/aromatic N) is 6. The Morgan fingerprint density at radius 3 is 2.81 bits per heavy atom. The topological polar surface area (TPSA) is 169 Å². The van der Waals surface area contributed by atoms with Gasteiger partial charge in [0.15, 0.2) is 35.1 Å². The number of carbonyl (C=O) groups excluding carboxylic acids is 1. The van der Waals surface area contributed by atoms with Crippen LogP contribution in [0.4, 0.5) is 5.82 Å². The van der Waals surface area contributed by atoms with Gasteiger partial charge in [0.05, 0.1) is 30.7 Å². The molecule has 192 valence electrons. The van der Waals surface area contributed by atoms with Crippen LogP contribution in [0.1, 0.15) is 11.9 Å². The Hall–Kier alpha value is -3.91. The number of likely N-dealkylation sites (N-methyl/N-ethyl adjacent to an activating group) is 1. The number of fused-ring (bicyclic) bond motifs is 1.